The lowest BCUT2D eigenvalue weighted by Gasteiger charge is -2.22. The maximum atomic E-state index is 5.03. The van der Waals surface area contributed by atoms with E-state index in [1.54, 1.807) is 0 Å². The fraction of sp³-hybridized carbons (Fsp3) is 0.0682. The van der Waals surface area contributed by atoms with Gasteiger partial charge >= 0.3 is 0 Å². The summed E-state index contributed by atoms with van der Waals surface area (Å²) in [6, 6.07) is 53.3. The van der Waals surface area contributed by atoms with Crippen LogP contribution >= 0.6 is 0 Å². The second-order valence-corrected chi connectivity index (χ2v) is 12.7. The minimum Gasteiger partial charge on any atom is -0.256 e. The number of benzene rings is 7. The van der Waals surface area contributed by atoms with E-state index in [9.17, 15) is 0 Å². The molecule has 45 heavy (non-hydrogen) atoms. The summed E-state index contributed by atoms with van der Waals surface area (Å²) >= 11 is 0. The number of rotatable bonds is 3. The van der Waals surface area contributed by atoms with Gasteiger partial charge in [-0.3, -0.25) is 4.98 Å². The van der Waals surface area contributed by atoms with Gasteiger partial charge in [-0.15, -0.1) is 0 Å². The van der Waals surface area contributed by atoms with Gasteiger partial charge in [-0.25, -0.2) is 0 Å². The first kappa shape index (κ1) is 25.9. The van der Waals surface area contributed by atoms with Gasteiger partial charge in [-0.2, -0.15) is 0 Å². The first-order chi connectivity index (χ1) is 22.1. The van der Waals surface area contributed by atoms with Crippen LogP contribution in [0.3, 0.4) is 0 Å². The molecule has 9 rings (SSSR count). The van der Waals surface area contributed by atoms with Crippen LogP contribution in [0.15, 0.2) is 152 Å². The summed E-state index contributed by atoms with van der Waals surface area (Å²) in [5.74, 6) is 0. The Balaban J connectivity index is 1.21. The van der Waals surface area contributed by atoms with E-state index in [-0.39, 0.29) is 5.41 Å². The molecule has 0 bridgehead atoms. The lowest BCUT2D eigenvalue weighted by molar-refractivity contribution is 0.660. The molecule has 1 aliphatic carbocycles. The molecule has 0 unspecified atom stereocenters. The van der Waals surface area contributed by atoms with Gasteiger partial charge in [0.15, 0.2) is 0 Å². The largest absolute Gasteiger partial charge is 0.256 e. The topological polar surface area (TPSA) is 12.9 Å². The number of aromatic nitrogens is 1. The number of fused-ring (bicyclic) bond motifs is 6. The highest BCUT2D eigenvalue weighted by Gasteiger charge is 2.35. The summed E-state index contributed by atoms with van der Waals surface area (Å²) in [6.45, 7) is 4.69. The van der Waals surface area contributed by atoms with Gasteiger partial charge in [-0.1, -0.05) is 147 Å². The quantitative estimate of drug-likeness (QED) is 0.192. The van der Waals surface area contributed by atoms with E-state index in [0.717, 1.165) is 5.52 Å². The zero-order valence-corrected chi connectivity index (χ0v) is 25.4. The van der Waals surface area contributed by atoms with E-state index in [2.05, 4.69) is 159 Å². The van der Waals surface area contributed by atoms with Crippen molar-refractivity contribution in [1.82, 2.24) is 4.98 Å². The second kappa shape index (κ2) is 9.74. The Morgan fingerprint density at radius 3 is 1.87 bits per heavy atom. The molecule has 7 aromatic carbocycles. The molecule has 1 heterocycles. The zero-order valence-electron chi connectivity index (χ0n) is 25.4. The lowest BCUT2D eigenvalue weighted by atomic mass is 9.81. The molecule has 1 aliphatic rings. The van der Waals surface area contributed by atoms with Crippen LogP contribution in [-0.2, 0) is 5.41 Å². The van der Waals surface area contributed by atoms with Crippen LogP contribution in [0.1, 0.15) is 25.0 Å². The SMILES string of the molecule is CC1(C)c2ccccc2-c2ccc(-c3ccc(-c4c5ccccc5c(-c5cccc6ccccc56)c5ncccc45)cc3)cc21. The Bertz CT molecular complexity index is 2380. The fourth-order valence-corrected chi connectivity index (χ4v) is 7.74. The normalized spacial score (nSPS) is 13.3. The number of hydrogen-bond acceptors (Lipinski definition) is 1. The number of pyridine rings is 1. The highest BCUT2D eigenvalue weighted by molar-refractivity contribution is 6.22. The van der Waals surface area contributed by atoms with E-state index in [0.29, 0.717) is 0 Å². The van der Waals surface area contributed by atoms with Crippen LogP contribution in [0.25, 0.3) is 77.0 Å². The van der Waals surface area contributed by atoms with Crippen LogP contribution in [0.5, 0.6) is 0 Å². The van der Waals surface area contributed by atoms with Gasteiger partial charge in [0.1, 0.15) is 0 Å². The molecule has 1 nitrogen and oxygen atoms in total. The van der Waals surface area contributed by atoms with Crippen molar-refractivity contribution in [1.29, 1.82) is 0 Å². The summed E-state index contributed by atoms with van der Waals surface area (Å²) in [4.78, 5) is 5.03. The Labute approximate surface area is 263 Å². The molecule has 1 heteroatoms. The summed E-state index contributed by atoms with van der Waals surface area (Å²) in [6.07, 6.45) is 1.92. The van der Waals surface area contributed by atoms with Gasteiger partial charge in [0.25, 0.3) is 0 Å². The predicted octanol–water partition coefficient (Wildman–Crippen LogP) is 11.8. The highest BCUT2D eigenvalue weighted by atomic mass is 14.7. The van der Waals surface area contributed by atoms with Crippen LogP contribution in [0.2, 0.25) is 0 Å². The van der Waals surface area contributed by atoms with Crippen molar-refractivity contribution in [2.24, 2.45) is 0 Å². The highest BCUT2D eigenvalue weighted by Crippen LogP contribution is 2.50. The smallest absolute Gasteiger partial charge is 0.0793 e. The van der Waals surface area contributed by atoms with E-state index >= 15 is 0 Å². The molecule has 0 amide bonds. The molecule has 0 radical (unpaired) electrons. The van der Waals surface area contributed by atoms with E-state index in [4.69, 9.17) is 4.98 Å². The average Bonchev–Trinajstić information content (AvgIpc) is 3.33. The second-order valence-electron chi connectivity index (χ2n) is 12.7. The van der Waals surface area contributed by atoms with Crippen LogP contribution < -0.4 is 0 Å². The molecular formula is C44H31N. The number of nitrogens with zero attached hydrogens (tertiary/aromatic N) is 1. The molecule has 8 aromatic rings. The van der Waals surface area contributed by atoms with Gasteiger partial charge in [0.05, 0.1) is 5.52 Å². The van der Waals surface area contributed by atoms with Crippen molar-refractivity contribution in [3.63, 3.8) is 0 Å². The Morgan fingerprint density at radius 2 is 1.02 bits per heavy atom. The Morgan fingerprint density at radius 1 is 0.422 bits per heavy atom. The fourth-order valence-electron chi connectivity index (χ4n) is 7.74. The van der Waals surface area contributed by atoms with Gasteiger partial charge in [0.2, 0.25) is 0 Å². The van der Waals surface area contributed by atoms with Crippen molar-refractivity contribution in [2.75, 3.05) is 0 Å². The molecule has 0 saturated heterocycles. The maximum Gasteiger partial charge on any atom is 0.0793 e. The molecule has 0 aliphatic heterocycles. The van der Waals surface area contributed by atoms with Crippen molar-refractivity contribution in [3.8, 4) is 44.5 Å². The molecule has 0 saturated carbocycles. The van der Waals surface area contributed by atoms with Gasteiger partial charge in [0, 0.05) is 22.6 Å². The predicted molar refractivity (Wildman–Crippen MR) is 191 cm³/mol. The monoisotopic (exact) mass is 573 g/mol. The van der Waals surface area contributed by atoms with Crippen molar-refractivity contribution < 1.29 is 0 Å². The van der Waals surface area contributed by atoms with E-state index < -0.39 is 0 Å². The Kier molecular flexibility index (Phi) is 5.61. The van der Waals surface area contributed by atoms with Crippen molar-refractivity contribution >= 4 is 32.4 Å². The average molecular weight is 574 g/mol. The molecule has 0 atom stereocenters. The third-order valence-corrected chi connectivity index (χ3v) is 9.93. The Hall–Kier alpha value is -5.53. The summed E-state index contributed by atoms with van der Waals surface area (Å²) in [7, 11) is 0. The zero-order chi connectivity index (χ0) is 30.1. The van der Waals surface area contributed by atoms with Crippen LogP contribution in [0, 0.1) is 0 Å². The van der Waals surface area contributed by atoms with Gasteiger partial charge < -0.3 is 0 Å². The summed E-state index contributed by atoms with van der Waals surface area (Å²) < 4.78 is 0. The third kappa shape index (κ3) is 3.84. The number of hydrogen-bond donors (Lipinski definition) is 0. The minimum atomic E-state index is -0.0153. The first-order valence-electron chi connectivity index (χ1n) is 15.7. The van der Waals surface area contributed by atoms with E-state index in [1.807, 2.05) is 6.20 Å². The molecule has 0 spiro atoms. The molecule has 1 aromatic heterocycles. The first-order valence-corrected chi connectivity index (χ1v) is 15.7. The van der Waals surface area contributed by atoms with Gasteiger partial charge in [-0.05, 0) is 83.7 Å². The maximum absolute atomic E-state index is 5.03. The van der Waals surface area contributed by atoms with Crippen LogP contribution in [0.4, 0.5) is 0 Å². The minimum absolute atomic E-state index is 0.0153. The molecule has 0 N–H and O–H groups in total. The lowest BCUT2D eigenvalue weighted by Crippen LogP contribution is -2.14. The summed E-state index contributed by atoms with van der Waals surface area (Å²) in [5, 5.41) is 6.12. The third-order valence-electron chi connectivity index (χ3n) is 9.93. The van der Waals surface area contributed by atoms with Crippen molar-refractivity contribution in [3.05, 3.63) is 163 Å². The molecular weight excluding hydrogens is 542 g/mol. The van der Waals surface area contributed by atoms with Crippen molar-refractivity contribution in [2.45, 2.75) is 19.3 Å². The van der Waals surface area contributed by atoms with E-state index in [1.165, 1.54) is 82.6 Å². The summed E-state index contributed by atoms with van der Waals surface area (Å²) in [5.41, 5.74) is 13.9. The van der Waals surface area contributed by atoms with Crippen LogP contribution in [-0.4, -0.2) is 4.98 Å². The molecule has 212 valence electrons. The molecule has 0 fully saturated rings. The standard InChI is InChI=1S/C44H31N/c1-44(2)39-19-8-7-14-33(39)34-25-24-31(27-40(34)44)28-20-22-30(23-21-28)41-36-15-5-6-16-37(36)42(43-38(41)18-10-26-45-43)35-17-9-12-29-11-3-4-13-32(29)35/h3-27H,1-2H3.